The molecule has 0 atom stereocenters. The van der Waals surface area contributed by atoms with E-state index in [1.54, 1.807) is 0 Å². The van der Waals surface area contributed by atoms with Gasteiger partial charge in [-0.25, -0.2) is 4.79 Å². The quantitative estimate of drug-likeness (QED) is 0.628. The van der Waals surface area contributed by atoms with E-state index >= 15 is 0 Å². The Morgan fingerprint density at radius 3 is 2.17 bits per heavy atom. The zero-order valence-corrected chi connectivity index (χ0v) is 14.6. The van der Waals surface area contributed by atoms with E-state index in [0.717, 1.165) is 16.6 Å². The number of hydrogen-bond acceptors (Lipinski definition) is 3. The van der Waals surface area contributed by atoms with Gasteiger partial charge in [-0.3, -0.25) is 0 Å². The molecule has 0 radical (unpaired) electrons. The standard InChI is InChI=1S/C21H23NO2/c1-14(2)22(15(3)4)18-11-10-17-12-19(16-8-6-5-7-9-16)21(23)24-20(17)13-18/h5-15H,1-4H3. The van der Waals surface area contributed by atoms with E-state index in [4.69, 9.17) is 4.42 Å². The summed E-state index contributed by atoms with van der Waals surface area (Å²) in [5.74, 6) is 0. The average Bonchev–Trinajstić information content (AvgIpc) is 2.54. The topological polar surface area (TPSA) is 33.5 Å². The molecule has 0 unspecified atom stereocenters. The highest BCUT2D eigenvalue weighted by Crippen LogP contribution is 2.27. The van der Waals surface area contributed by atoms with Crippen LogP contribution in [0.1, 0.15) is 27.7 Å². The summed E-state index contributed by atoms with van der Waals surface area (Å²) >= 11 is 0. The Kier molecular flexibility index (Phi) is 4.43. The first-order valence-corrected chi connectivity index (χ1v) is 8.39. The smallest absolute Gasteiger partial charge is 0.344 e. The van der Waals surface area contributed by atoms with E-state index in [1.807, 2.05) is 48.5 Å². The number of fused-ring (bicyclic) bond motifs is 1. The molecule has 0 aliphatic rings. The molecule has 3 heteroatoms. The highest BCUT2D eigenvalue weighted by Gasteiger charge is 2.15. The van der Waals surface area contributed by atoms with E-state index in [-0.39, 0.29) is 5.63 Å². The SMILES string of the molecule is CC(C)N(c1ccc2cc(-c3ccccc3)c(=O)oc2c1)C(C)C. The Morgan fingerprint density at radius 2 is 1.54 bits per heavy atom. The van der Waals surface area contributed by atoms with E-state index in [0.29, 0.717) is 23.2 Å². The van der Waals surface area contributed by atoms with Crippen molar-refractivity contribution in [3.05, 3.63) is 65.0 Å². The van der Waals surface area contributed by atoms with Gasteiger partial charge in [0.1, 0.15) is 5.58 Å². The fraction of sp³-hybridized carbons (Fsp3) is 0.286. The van der Waals surface area contributed by atoms with E-state index in [1.165, 1.54) is 0 Å². The fourth-order valence-corrected chi connectivity index (χ4v) is 3.27. The lowest BCUT2D eigenvalue weighted by atomic mass is 10.1. The largest absolute Gasteiger partial charge is 0.422 e. The molecule has 0 fully saturated rings. The van der Waals surface area contributed by atoms with Crippen molar-refractivity contribution in [2.75, 3.05) is 4.90 Å². The van der Waals surface area contributed by atoms with Crippen LogP contribution in [0.25, 0.3) is 22.1 Å². The van der Waals surface area contributed by atoms with Crippen molar-refractivity contribution in [2.45, 2.75) is 39.8 Å². The molecule has 3 aromatic rings. The number of rotatable bonds is 4. The Labute approximate surface area is 142 Å². The second kappa shape index (κ2) is 6.52. The third kappa shape index (κ3) is 3.07. The molecule has 3 nitrogen and oxygen atoms in total. The molecule has 0 amide bonds. The van der Waals surface area contributed by atoms with Crippen LogP contribution in [-0.4, -0.2) is 12.1 Å². The van der Waals surface area contributed by atoms with E-state index in [2.05, 4.69) is 38.7 Å². The zero-order chi connectivity index (χ0) is 17.3. The molecule has 0 saturated carbocycles. The van der Waals surface area contributed by atoms with Crippen LogP contribution in [0.5, 0.6) is 0 Å². The maximum Gasteiger partial charge on any atom is 0.344 e. The predicted molar refractivity (Wildman–Crippen MR) is 101 cm³/mol. The number of benzene rings is 2. The van der Waals surface area contributed by atoms with Gasteiger partial charge in [0.15, 0.2) is 0 Å². The molecule has 3 rings (SSSR count). The number of hydrogen-bond donors (Lipinski definition) is 0. The maximum absolute atomic E-state index is 12.4. The molecule has 0 aliphatic carbocycles. The summed E-state index contributed by atoms with van der Waals surface area (Å²) in [5.41, 5.74) is 2.88. The molecule has 1 aromatic heterocycles. The summed E-state index contributed by atoms with van der Waals surface area (Å²) in [6.45, 7) is 8.66. The van der Waals surface area contributed by atoms with Gasteiger partial charge in [0, 0.05) is 29.2 Å². The van der Waals surface area contributed by atoms with Crippen LogP contribution < -0.4 is 10.5 Å². The molecule has 1 heterocycles. The Bertz CT molecular complexity index is 887. The summed E-state index contributed by atoms with van der Waals surface area (Å²) in [5, 5.41) is 0.935. The first-order valence-electron chi connectivity index (χ1n) is 8.39. The Hall–Kier alpha value is -2.55. The Balaban J connectivity index is 2.11. The minimum atomic E-state index is -0.300. The molecule has 0 saturated heterocycles. The van der Waals surface area contributed by atoms with Gasteiger partial charge in [0.25, 0.3) is 0 Å². The van der Waals surface area contributed by atoms with Crippen molar-refractivity contribution in [1.82, 2.24) is 0 Å². The van der Waals surface area contributed by atoms with Gasteiger partial charge >= 0.3 is 5.63 Å². The third-order valence-electron chi connectivity index (χ3n) is 4.22. The normalized spacial score (nSPS) is 11.4. The van der Waals surface area contributed by atoms with Crippen LogP contribution in [0, 0.1) is 0 Å². The van der Waals surface area contributed by atoms with Crippen LogP contribution in [-0.2, 0) is 0 Å². The van der Waals surface area contributed by atoms with Crippen LogP contribution in [0.4, 0.5) is 5.69 Å². The van der Waals surface area contributed by atoms with E-state index in [9.17, 15) is 4.79 Å². The summed E-state index contributed by atoms with van der Waals surface area (Å²) in [6.07, 6.45) is 0. The minimum Gasteiger partial charge on any atom is -0.422 e. The van der Waals surface area contributed by atoms with Crippen molar-refractivity contribution in [3.8, 4) is 11.1 Å². The van der Waals surface area contributed by atoms with Gasteiger partial charge in [0.05, 0.1) is 5.56 Å². The lowest BCUT2D eigenvalue weighted by Gasteiger charge is -2.33. The maximum atomic E-state index is 12.4. The lowest BCUT2D eigenvalue weighted by molar-refractivity contribution is 0.562. The molecule has 124 valence electrons. The predicted octanol–water partition coefficient (Wildman–Crippen LogP) is 5.08. The van der Waals surface area contributed by atoms with Gasteiger partial charge < -0.3 is 9.32 Å². The molecule has 2 aromatic carbocycles. The van der Waals surface area contributed by atoms with Gasteiger partial charge in [0.2, 0.25) is 0 Å². The first-order chi connectivity index (χ1) is 11.5. The van der Waals surface area contributed by atoms with Gasteiger partial charge in [-0.1, -0.05) is 30.3 Å². The van der Waals surface area contributed by atoms with Crippen molar-refractivity contribution >= 4 is 16.7 Å². The van der Waals surface area contributed by atoms with Crippen LogP contribution in [0.2, 0.25) is 0 Å². The second-order valence-electron chi connectivity index (χ2n) is 6.63. The molecule has 0 spiro atoms. The van der Waals surface area contributed by atoms with Gasteiger partial charge in [-0.05, 0) is 51.5 Å². The fourth-order valence-electron chi connectivity index (χ4n) is 3.27. The highest BCUT2D eigenvalue weighted by atomic mass is 16.4. The van der Waals surface area contributed by atoms with Crippen molar-refractivity contribution < 1.29 is 4.42 Å². The van der Waals surface area contributed by atoms with Crippen LogP contribution in [0.3, 0.4) is 0 Å². The van der Waals surface area contributed by atoms with E-state index < -0.39 is 0 Å². The Morgan fingerprint density at radius 1 is 0.875 bits per heavy atom. The zero-order valence-electron chi connectivity index (χ0n) is 14.6. The van der Waals surface area contributed by atoms with Crippen molar-refractivity contribution in [3.63, 3.8) is 0 Å². The van der Waals surface area contributed by atoms with Crippen LogP contribution in [0.15, 0.2) is 63.8 Å². The molecule has 0 bridgehead atoms. The molecule has 0 aliphatic heterocycles. The van der Waals surface area contributed by atoms with Crippen molar-refractivity contribution in [2.24, 2.45) is 0 Å². The lowest BCUT2D eigenvalue weighted by Crippen LogP contribution is -2.36. The average molecular weight is 321 g/mol. The summed E-state index contributed by atoms with van der Waals surface area (Å²) in [6, 6.07) is 18.4. The highest BCUT2D eigenvalue weighted by molar-refractivity contribution is 5.84. The summed E-state index contributed by atoms with van der Waals surface area (Å²) < 4.78 is 5.62. The monoisotopic (exact) mass is 321 g/mol. The summed E-state index contributed by atoms with van der Waals surface area (Å²) in [4.78, 5) is 14.7. The second-order valence-corrected chi connectivity index (χ2v) is 6.63. The third-order valence-corrected chi connectivity index (χ3v) is 4.22. The van der Waals surface area contributed by atoms with Gasteiger partial charge in [-0.15, -0.1) is 0 Å². The van der Waals surface area contributed by atoms with Gasteiger partial charge in [-0.2, -0.15) is 0 Å². The molecular weight excluding hydrogens is 298 g/mol. The first kappa shape index (κ1) is 16.3. The van der Waals surface area contributed by atoms with Crippen LogP contribution >= 0.6 is 0 Å². The number of nitrogens with zero attached hydrogens (tertiary/aromatic N) is 1. The molecule has 0 N–H and O–H groups in total. The molecule has 24 heavy (non-hydrogen) atoms. The number of anilines is 1. The molecular formula is C21H23NO2. The summed E-state index contributed by atoms with van der Waals surface area (Å²) in [7, 11) is 0. The minimum absolute atomic E-state index is 0.300. The van der Waals surface area contributed by atoms with Crippen molar-refractivity contribution in [1.29, 1.82) is 0 Å².